The predicted octanol–water partition coefficient (Wildman–Crippen LogP) is 4.50. The van der Waals surface area contributed by atoms with Crippen molar-refractivity contribution in [2.24, 2.45) is 0 Å². The minimum Gasteiger partial charge on any atom is -0.508 e. The monoisotopic (exact) mass is 421 g/mol. The third kappa shape index (κ3) is 4.40. The first-order valence-electron chi connectivity index (χ1n) is 8.21. The smallest absolute Gasteiger partial charge is 0.418 e. The first-order valence-corrected chi connectivity index (χ1v) is 9.69. The molecule has 0 fully saturated rings. The normalized spacial score (nSPS) is 11.8. The van der Waals surface area contributed by atoms with Gasteiger partial charge in [0.15, 0.2) is 0 Å². The van der Waals surface area contributed by atoms with E-state index < -0.39 is 33.2 Å². The topological polar surface area (TPSA) is 83.5 Å². The minimum atomic E-state index is -4.63. The van der Waals surface area contributed by atoms with Gasteiger partial charge in [0, 0.05) is 5.56 Å². The lowest BCUT2D eigenvalue weighted by Gasteiger charge is -2.13. The summed E-state index contributed by atoms with van der Waals surface area (Å²) in [6.45, 7) is 0. The van der Waals surface area contributed by atoms with E-state index in [2.05, 4.69) is 5.32 Å². The number of benzene rings is 3. The second kappa shape index (κ2) is 7.59. The highest BCUT2D eigenvalue weighted by atomic mass is 32.2. The van der Waals surface area contributed by atoms with E-state index in [4.69, 9.17) is 0 Å². The maximum atomic E-state index is 13.0. The first kappa shape index (κ1) is 20.4. The number of hydrogen-bond acceptors (Lipinski definition) is 4. The molecule has 0 saturated heterocycles. The molecule has 0 radical (unpaired) electrons. The minimum absolute atomic E-state index is 0.00775. The van der Waals surface area contributed by atoms with Crippen LogP contribution in [0.4, 0.5) is 18.9 Å². The lowest BCUT2D eigenvalue weighted by atomic mass is 10.1. The summed E-state index contributed by atoms with van der Waals surface area (Å²) >= 11 is 0. The Balaban J connectivity index is 1.84. The number of alkyl halides is 3. The standard InChI is InChI=1S/C20H14F3NO4S/c21-20(22,23)17-3-1-2-4-18(17)24-19(26)13-5-9-15(10-6-13)29(27,28)16-11-7-14(25)8-12-16/h1-12,25H,(H,24,26). The van der Waals surface area contributed by atoms with Gasteiger partial charge in [-0.05, 0) is 60.7 Å². The number of rotatable bonds is 4. The second-order valence-corrected chi connectivity index (χ2v) is 7.97. The van der Waals surface area contributed by atoms with Crippen LogP contribution in [0.3, 0.4) is 0 Å². The Kier molecular flexibility index (Phi) is 5.34. The molecule has 150 valence electrons. The average Bonchev–Trinajstić information content (AvgIpc) is 2.68. The van der Waals surface area contributed by atoms with Crippen molar-refractivity contribution < 1.29 is 31.5 Å². The Morgan fingerprint density at radius 1 is 0.828 bits per heavy atom. The number of nitrogens with one attached hydrogen (secondary N) is 1. The van der Waals surface area contributed by atoms with Crippen molar-refractivity contribution in [2.75, 3.05) is 5.32 Å². The van der Waals surface area contributed by atoms with Gasteiger partial charge in [-0.1, -0.05) is 12.1 Å². The molecule has 0 unspecified atom stereocenters. The number of phenolic OH excluding ortho intramolecular Hbond substituents is 1. The highest BCUT2D eigenvalue weighted by molar-refractivity contribution is 7.91. The van der Waals surface area contributed by atoms with Crippen LogP contribution in [0, 0.1) is 0 Å². The van der Waals surface area contributed by atoms with E-state index in [9.17, 15) is 31.5 Å². The number of carbonyl (C=O) groups excluding carboxylic acids is 1. The molecule has 3 aromatic carbocycles. The summed E-state index contributed by atoms with van der Waals surface area (Å²) < 4.78 is 64.2. The Morgan fingerprint density at radius 2 is 1.34 bits per heavy atom. The molecule has 0 heterocycles. The van der Waals surface area contributed by atoms with Gasteiger partial charge in [0.1, 0.15) is 5.75 Å². The molecule has 9 heteroatoms. The Morgan fingerprint density at radius 3 is 1.90 bits per heavy atom. The van der Waals surface area contributed by atoms with Gasteiger partial charge in [-0.15, -0.1) is 0 Å². The fourth-order valence-electron chi connectivity index (χ4n) is 2.58. The molecule has 0 aliphatic carbocycles. The van der Waals surface area contributed by atoms with Crippen LogP contribution in [-0.4, -0.2) is 19.4 Å². The zero-order chi connectivity index (χ0) is 21.2. The van der Waals surface area contributed by atoms with E-state index in [1.165, 1.54) is 60.7 Å². The van der Waals surface area contributed by atoms with Crippen molar-refractivity contribution in [3.8, 4) is 5.75 Å². The summed E-state index contributed by atoms with van der Waals surface area (Å²) in [6.07, 6.45) is -4.63. The zero-order valence-electron chi connectivity index (χ0n) is 14.6. The molecule has 0 spiro atoms. The molecule has 0 saturated carbocycles. The van der Waals surface area contributed by atoms with Crippen molar-refractivity contribution >= 4 is 21.4 Å². The third-order valence-corrected chi connectivity index (χ3v) is 5.84. The highest BCUT2D eigenvalue weighted by Crippen LogP contribution is 2.34. The van der Waals surface area contributed by atoms with Gasteiger partial charge in [-0.3, -0.25) is 4.79 Å². The molecule has 0 bridgehead atoms. The van der Waals surface area contributed by atoms with E-state index in [0.717, 1.165) is 12.1 Å². The Labute approximate surface area is 164 Å². The van der Waals surface area contributed by atoms with Crippen LogP contribution in [0.15, 0.2) is 82.6 Å². The molecule has 3 aromatic rings. The van der Waals surface area contributed by atoms with Crippen LogP contribution in [0.5, 0.6) is 5.75 Å². The lowest BCUT2D eigenvalue weighted by Crippen LogP contribution is -2.16. The van der Waals surface area contributed by atoms with Gasteiger partial charge in [-0.2, -0.15) is 13.2 Å². The summed E-state index contributed by atoms with van der Waals surface area (Å²) in [4.78, 5) is 12.2. The summed E-state index contributed by atoms with van der Waals surface area (Å²) in [7, 11) is -3.87. The molecule has 1 amide bonds. The number of sulfone groups is 1. The second-order valence-electron chi connectivity index (χ2n) is 6.02. The molecule has 0 atom stereocenters. The van der Waals surface area contributed by atoms with E-state index in [0.29, 0.717) is 0 Å². The fraction of sp³-hybridized carbons (Fsp3) is 0.0500. The fourth-order valence-corrected chi connectivity index (χ4v) is 3.84. The van der Waals surface area contributed by atoms with Crippen molar-refractivity contribution in [3.05, 3.63) is 83.9 Å². The molecule has 0 aliphatic rings. The van der Waals surface area contributed by atoms with Crippen LogP contribution in [0.25, 0.3) is 0 Å². The van der Waals surface area contributed by atoms with Gasteiger partial charge in [0.05, 0.1) is 21.0 Å². The molecule has 2 N–H and O–H groups in total. The predicted molar refractivity (Wildman–Crippen MR) is 99.4 cm³/mol. The molecule has 5 nitrogen and oxygen atoms in total. The van der Waals surface area contributed by atoms with Crippen LogP contribution in [0.1, 0.15) is 15.9 Å². The summed E-state index contributed by atoms with van der Waals surface area (Å²) in [5.74, 6) is -0.898. The van der Waals surface area contributed by atoms with E-state index >= 15 is 0 Å². The van der Waals surface area contributed by atoms with Gasteiger partial charge in [-0.25, -0.2) is 8.42 Å². The number of halogens is 3. The van der Waals surface area contributed by atoms with Crippen LogP contribution in [0.2, 0.25) is 0 Å². The number of anilines is 1. The third-order valence-electron chi connectivity index (χ3n) is 4.05. The number of carbonyl (C=O) groups is 1. The van der Waals surface area contributed by atoms with E-state index in [1.54, 1.807) is 0 Å². The van der Waals surface area contributed by atoms with Gasteiger partial charge < -0.3 is 10.4 Å². The maximum absolute atomic E-state index is 13.0. The molecule has 0 aliphatic heterocycles. The number of amides is 1. The number of phenols is 1. The Bertz CT molecular complexity index is 1140. The zero-order valence-corrected chi connectivity index (χ0v) is 15.5. The molecule has 3 rings (SSSR count). The van der Waals surface area contributed by atoms with E-state index in [1.807, 2.05) is 0 Å². The van der Waals surface area contributed by atoms with Gasteiger partial charge >= 0.3 is 6.18 Å². The van der Waals surface area contributed by atoms with Crippen LogP contribution in [-0.2, 0) is 16.0 Å². The quantitative estimate of drug-likeness (QED) is 0.650. The Hall–Kier alpha value is -3.33. The maximum Gasteiger partial charge on any atom is 0.418 e. The van der Waals surface area contributed by atoms with Crippen LogP contribution < -0.4 is 5.32 Å². The van der Waals surface area contributed by atoms with Crippen molar-refractivity contribution in [1.82, 2.24) is 0 Å². The summed E-state index contributed by atoms with van der Waals surface area (Å²) in [5, 5.41) is 11.5. The summed E-state index contributed by atoms with van der Waals surface area (Å²) in [6, 6.07) is 14.3. The van der Waals surface area contributed by atoms with Crippen molar-refractivity contribution in [3.63, 3.8) is 0 Å². The highest BCUT2D eigenvalue weighted by Gasteiger charge is 2.33. The number of para-hydroxylation sites is 1. The van der Waals surface area contributed by atoms with Gasteiger partial charge in [0.2, 0.25) is 9.84 Å². The largest absolute Gasteiger partial charge is 0.508 e. The van der Waals surface area contributed by atoms with Gasteiger partial charge in [0.25, 0.3) is 5.91 Å². The molecular weight excluding hydrogens is 407 g/mol. The molecule has 29 heavy (non-hydrogen) atoms. The number of hydrogen-bond donors (Lipinski definition) is 2. The molecular formula is C20H14F3NO4S. The SMILES string of the molecule is O=C(Nc1ccccc1C(F)(F)F)c1ccc(S(=O)(=O)c2ccc(O)cc2)cc1. The average molecular weight is 421 g/mol. The number of aromatic hydroxyl groups is 1. The first-order chi connectivity index (χ1) is 13.6. The lowest BCUT2D eigenvalue weighted by molar-refractivity contribution is -0.136. The summed E-state index contributed by atoms with van der Waals surface area (Å²) in [5.41, 5.74) is -1.39. The van der Waals surface area contributed by atoms with Crippen molar-refractivity contribution in [2.45, 2.75) is 16.0 Å². The van der Waals surface area contributed by atoms with E-state index in [-0.39, 0.29) is 21.1 Å². The molecule has 0 aromatic heterocycles. The van der Waals surface area contributed by atoms with Crippen molar-refractivity contribution in [1.29, 1.82) is 0 Å². The van der Waals surface area contributed by atoms with Crippen LogP contribution >= 0.6 is 0 Å².